The fourth-order valence-corrected chi connectivity index (χ4v) is 3.17. The summed E-state index contributed by atoms with van der Waals surface area (Å²) in [5, 5.41) is 18.2. The van der Waals surface area contributed by atoms with Crippen molar-refractivity contribution < 1.29 is 9.90 Å². The zero-order chi connectivity index (χ0) is 14.5. The number of hydrogen-bond donors (Lipinski definition) is 1. The minimum absolute atomic E-state index is 0.0522. The molecule has 1 aliphatic carbocycles. The lowest BCUT2D eigenvalue weighted by atomic mass is 9.98. The monoisotopic (exact) mass is 297 g/mol. The quantitative estimate of drug-likeness (QED) is 0.707. The lowest BCUT2D eigenvalue weighted by Crippen LogP contribution is -2.09. The van der Waals surface area contributed by atoms with Gasteiger partial charge in [0.2, 0.25) is 0 Å². The molecule has 0 aliphatic heterocycles. The Labute approximate surface area is 124 Å². The van der Waals surface area contributed by atoms with E-state index >= 15 is 0 Å². The normalized spacial score (nSPS) is 16.3. The SMILES string of the molecule is CCCCC(CC)c1nnc(SCC(=O)O)n1C1CC1. The van der Waals surface area contributed by atoms with Crippen LogP contribution >= 0.6 is 11.8 Å². The van der Waals surface area contributed by atoms with E-state index in [1.165, 1.54) is 24.6 Å². The maximum absolute atomic E-state index is 10.7. The van der Waals surface area contributed by atoms with E-state index in [0.29, 0.717) is 12.0 Å². The van der Waals surface area contributed by atoms with Crippen LogP contribution in [0.25, 0.3) is 0 Å². The van der Waals surface area contributed by atoms with Crippen LogP contribution in [0.3, 0.4) is 0 Å². The minimum atomic E-state index is -0.806. The van der Waals surface area contributed by atoms with E-state index in [4.69, 9.17) is 5.11 Å². The summed E-state index contributed by atoms with van der Waals surface area (Å²) in [6.45, 7) is 4.39. The molecule has 20 heavy (non-hydrogen) atoms. The van der Waals surface area contributed by atoms with Crippen LogP contribution in [0.2, 0.25) is 0 Å². The Balaban J connectivity index is 2.17. The highest BCUT2D eigenvalue weighted by molar-refractivity contribution is 7.99. The Morgan fingerprint density at radius 3 is 2.75 bits per heavy atom. The van der Waals surface area contributed by atoms with Crippen LogP contribution in [-0.4, -0.2) is 31.6 Å². The van der Waals surface area contributed by atoms with Crippen molar-refractivity contribution in [3.63, 3.8) is 0 Å². The van der Waals surface area contributed by atoms with Crippen molar-refractivity contribution in [3.05, 3.63) is 5.82 Å². The predicted molar refractivity (Wildman–Crippen MR) is 79.2 cm³/mol. The highest BCUT2D eigenvalue weighted by Crippen LogP contribution is 2.41. The van der Waals surface area contributed by atoms with Crippen molar-refractivity contribution in [2.75, 3.05) is 5.75 Å². The van der Waals surface area contributed by atoms with Crippen LogP contribution in [0.5, 0.6) is 0 Å². The number of aromatic nitrogens is 3. The topological polar surface area (TPSA) is 68.0 Å². The van der Waals surface area contributed by atoms with Gasteiger partial charge in [-0.25, -0.2) is 0 Å². The molecule has 1 aromatic heterocycles. The molecule has 5 nitrogen and oxygen atoms in total. The van der Waals surface area contributed by atoms with E-state index in [1.807, 2.05) is 0 Å². The molecular formula is C14H23N3O2S. The zero-order valence-corrected chi connectivity index (χ0v) is 13.0. The Hall–Kier alpha value is -1.04. The van der Waals surface area contributed by atoms with Gasteiger partial charge in [-0.2, -0.15) is 0 Å². The molecule has 1 N–H and O–H groups in total. The second-order valence-electron chi connectivity index (χ2n) is 5.37. The molecular weight excluding hydrogens is 274 g/mol. The van der Waals surface area contributed by atoms with E-state index in [9.17, 15) is 4.79 Å². The number of aliphatic carboxylic acids is 1. The molecule has 0 bridgehead atoms. The standard InChI is InChI=1S/C14H23N3O2S/c1-3-5-6-10(4-2)13-15-16-14(20-9-12(18)19)17(13)11-7-8-11/h10-11H,3-9H2,1-2H3,(H,18,19). The van der Waals surface area contributed by atoms with Crippen molar-refractivity contribution in [2.24, 2.45) is 0 Å². The summed E-state index contributed by atoms with van der Waals surface area (Å²) in [4.78, 5) is 10.7. The number of hydrogen-bond acceptors (Lipinski definition) is 4. The molecule has 1 unspecified atom stereocenters. The average Bonchev–Trinajstić information content (AvgIpc) is 3.18. The third-order valence-electron chi connectivity index (χ3n) is 3.69. The zero-order valence-electron chi connectivity index (χ0n) is 12.2. The minimum Gasteiger partial charge on any atom is -0.481 e. The molecule has 112 valence electrons. The number of carboxylic acids is 1. The molecule has 1 fully saturated rings. The molecule has 1 atom stereocenters. The molecule has 0 saturated heterocycles. The van der Waals surface area contributed by atoms with Gasteiger partial charge < -0.3 is 9.67 Å². The van der Waals surface area contributed by atoms with Crippen molar-refractivity contribution in [1.29, 1.82) is 0 Å². The van der Waals surface area contributed by atoms with E-state index in [-0.39, 0.29) is 5.75 Å². The maximum atomic E-state index is 10.7. The van der Waals surface area contributed by atoms with Crippen molar-refractivity contribution in [2.45, 2.75) is 69.5 Å². The molecule has 0 aromatic carbocycles. The van der Waals surface area contributed by atoms with Gasteiger partial charge in [0.15, 0.2) is 5.16 Å². The molecule has 1 aromatic rings. The van der Waals surface area contributed by atoms with Gasteiger partial charge in [-0.05, 0) is 25.7 Å². The van der Waals surface area contributed by atoms with E-state index < -0.39 is 5.97 Å². The average molecular weight is 297 g/mol. The third-order valence-corrected chi connectivity index (χ3v) is 4.62. The van der Waals surface area contributed by atoms with Gasteiger partial charge in [-0.3, -0.25) is 4.79 Å². The molecule has 0 spiro atoms. The van der Waals surface area contributed by atoms with Crippen LogP contribution < -0.4 is 0 Å². The molecule has 0 radical (unpaired) electrons. The van der Waals surface area contributed by atoms with Gasteiger partial charge in [0.25, 0.3) is 0 Å². The maximum Gasteiger partial charge on any atom is 0.313 e. The lowest BCUT2D eigenvalue weighted by molar-refractivity contribution is -0.133. The Morgan fingerprint density at radius 1 is 1.45 bits per heavy atom. The summed E-state index contributed by atoms with van der Waals surface area (Å²) in [5.41, 5.74) is 0. The van der Waals surface area contributed by atoms with Gasteiger partial charge in [-0.1, -0.05) is 38.5 Å². The van der Waals surface area contributed by atoms with Crippen LogP contribution in [0.1, 0.15) is 70.2 Å². The predicted octanol–water partition coefficient (Wildman–Crippen LogP) is 3.47. The van der Waals surface area contributed by atoms with Crippen molar-refractivity contribution in [1.82, 2.24) is 14.8 Å². The van der Waals surface area contributed by atoms with E-state index in [2.05, 4.69) is 28.6 Å². The second kappa shape index (κ2) is 7.11. The molecule has 1 saturated carbocycles. The highest BCUT2D eigenvalue weighted by atomic mass is 32.2. The number of thioether (sulfide) groups is 1. The molecule has 1 heterocycles. The summed E-state index contributed by atoms with van der Waals surface area (Å²) >= 11 is 1.29. The first-order valence-electron chi connectivity index (χ1n) is 7.46. The van der Waals surface area contributed by atoms with E-state index in [1.54, 1.807) is 0 Å². The van der Waals surface area contributed by atoms with Crippen molar-refractivity contribution in [3.8, 4) is 0 Å². The summed E-state index contributed by atoms with van der Waals surface area (Å²) < 4.78 is 2.21. The molecule has 1 aliphatic rings. The van der Waals surface area contributed by atoms with Gasteiger partial charge in [0, 0.05) is 12.0 Å². The number of carbonyl (C=O) groups is 1. The Bertz CT molecular complexity index is 457. The summed E-state index contributed by atoms with van der Waals surface area (Å²) in [6.07, 6.45) is 6.92. The number of rotatable bonds is 9. The largest absolute Gasteiger partial charge is 0.481 e. The third kappa shape index (κ3) is 3.75. The molecule has 2 rings (SSSR count). The van der Waals surface area contributed by atoms with Crippen LogP contribution in [0, 0.1) is 0 Å². The van der Waals surface area contributed by atoms with Crippen LogP contribution in [0.15, 0.2) is 5.16 Å². The first-order chi connectivity index (χ1) is 9.67. The first kappa shape index (κ1) is 15.4. The number of nitrogens with zero attached hydrogens (tertiary/aromatic N) is 3. The Morgan fingerprint density at radius 2 is 2.20 bits per heavy atom. The first-order valence-corrected chi connectivity index (χ1v) is 8.45. The number of carboxylic acid groups (broad SMARTS) is 1. The fourth-order valence-electron chi connectivity index (χ4n) is 2.43. The van der Waals surface area contributed by atoms with Gasteiger partial charge in [-0.15, -0.1) is 10.2 Å². The lowest BCUT2D eigenvalue weighted by Gasteiger charge is -2.16. The van der Waals surface area contributed by atoms with Crippen molar-refractivity contribution >= 4 is 17.7 Å². The van der Waals surface area contributed by atoms with Crippen LogP contribution in [0.4, 0.5) is 0 Å². The highest BCUT2D eigenvalue weighted by Gasteiger charge is 2.31. The number of unbranched alkanes of at least 4 members (excludes halogenated alkanes) is 1. The molecule has 6 heteroatoms. The van der Waals surface area contributed by atoms with E-state index in [0.717, 1.165) is 36.7 Å². The fraction of sp³-hybridized carbons (Fsp3) is 0.786. The van der Waals surface area contributed by atoms with Gasteiger partial charge in [0.1, 0.15) is 5.82 Å². The van der Waals surface area contributed by atoms with Gasteiger partial charge in [0.05, 0.1) is 5.75 Å². The smallest absolute Gasteiger partial charge is 0.313 e. The van der Waals surface area contributed by atoms with Crippen LogP contribution in [-0.2, 0) is 4.79 Å². The Kier molecular flexibility index (Phi) is 5.46. The molecule has 0 amide bonds. The summed E-state index contributed by atoms with van der Waals surface area (Å²) in [6, 6.07) is 0.493. The summed E-state index contributed by atoms with van der Waals surface area (Å²) in [7, 11) is 0. The second-order valence-corrected chi connectivity index (χ2v) is 6.31. The van der Waals surface area contributed by atoms with Gasteiger partial charge >= 0.3 is 5.97 Å². The summed E-state index contributed by atoms with van der Waals surface area (Å²) in [5.74, 6) is 0.759.